The number of aromatic nitrogens is 5. The molecule has 4 heterocycles. The smallest absolute Gasteiger partial charge is 0.275 e. The van der Waals surface area contributed by atoms with Gasteiger partial charge in [0, 0.05) is 56.2 Å². The molecule has 0 unspecified atom stereocenters. The van der Waals surface area contributed by atoms with Gasteiger partial charge in [0.1, 0.15) is 11.3 Å². The number of likely N-dealkylation sites (N-methyl/N-ethyl adjacent to an activating group) is 1. The second-order valence-corrected chi connectivity index (χ2v) is 8.44. The second-order valence-electron chi connectivity index (χ2n) is 8.44. The highest BCUT2D eigenvalue weighted by Crippen LogP contribution is 2.21. The summed E-state index contributed by atoms with van der Waals surface area (Å²) in [5, 5.41) is 13.7. The van der Waals surface area contributed by atoms with Gasteiger partial charge in [0.15, 0.2) is 0 Å². The number of H-pyrrole nitrogens is 2. The first-order valence-electron chi connectivity index (χ1n) is 11.0. The van der Waals surface area contributed by atoms with Crippen LogP contribution in [-0.2, 0) is 6.54 Å². The molecule has 0 spiro atoms. The molecule has 1 aromatic carbocycles. The van der Waals surface area contributed by atoms with Crippen LogP contribution in [0.3, 0.4) is 0 Å². The van der Waals surface area contributed by atoms with E-state index in [-0.39, 0.29) is 5.91 Å². The lowest BCUT2D eigenvalue weighted by Crippen LogP contribution is -2.43. The lowest BCUT2D eigenvalue weighted by atomic mass is 10.1. The van der Waals surface area contributed by atoms with Gasteiger partial charge in [-0.05, 0) is 37.2 Å². The molecule has 10 nitrogen and oxygen atoms in total. The van der Waals surface area contributed by atoms with Gasteiger partial charge in [0.05, 0.1) is 11.9 Å². The summed E-state index contributed by atoms with van der Waals surface area (Å²) < 4.78 is 0. The van der Waals surface area contributed by atoms with Crippen molar-refractivity contribution in [1.29, 1.82) is 0 Å². The number of fused-ring (bicyclic) bond motifs is 1. The Hall–Kier alpha value is -3.76. The largest absolute Gasteiger partial charge is 0.346 e. The third-order valence-electron chi connectivity index (χ3n) is 5.97. The predicted molar refractivity (Wildman–Crippen MR) is 128 cm³/mol. The van der Waals surface area contributed by atoms with Crippen LogP contribution in [0.4, 0.5) is 17.3 Å². The van der Waals surface area contributed by atoms with Gasteiger partial charge in [0.25, 0.3) is 5.91 Å². The highest BCUT2D eigenvalue weighted by Gasteiger charge is 2.17. The lowest BCUT2D eigenvalue weighted by molar-refractivity contribution is 0.102. The number of carbonyl (C=O) groups is 1. The summed E-state index contributed by atoms with van der Waals surface area (Å²) in [5.41, 5.74) is 4.58. The van der Waals surface area contributed by atoms with Crippen LogP contribution >= 0.6 is 0 Å². The maximum Gasteiger partial charge on any atom is 0.275 e. The molecule has 1 saturated heterocycles. The van der Waals surface area contributed by atoms with Crippen LogP contribution in [0.1, 0.15) is 21.6 Å². The molecule has 4 N–H and O–H groups in total. The second kappa shape index (κ2) is 9.00. The normalized spacial score (nSPS) is 15.1. The number of aromatic amines is 2. The van der Waals surface area contributed by atoms with Crippen molar-refractivity contribution < 1.29 is 4.79 Å². The Balaban J connectivity index is 1.22. The van der Waals surface area contributed by atoms with E-state index < -0.39 is 0 Å². The molecule has 0 atom stereocenters. The zero-order chi connectivity index (χ0) is 22.8. The molecule has 170 valence electrons. The molecule has 5 rings (SSSR count). The van der Waals surface area contributed by atoms with Crippen molar-refractivity contribution in [1.82, 2.24) is 34.9 Å². The summed E-state index contributed by atoms with van der Waals surface area (Å²) in [5.74, 6) is 0.0895. The Bertz CT molecular complexity index is 1250. The van der Waals surface area contributed by atoms with Gasteiger partial charge >= 0.3 is 0 Å². The molecule has 0 saturated carbocycles. The summed E-state index contributed by atoms with van der Waals surface area (Å²) >= 11 is 0. The Morgan fingerprint density at radius 2 is 1.91 bits per heavy atom. The lowest BCUT2D eigenvalue weighted by Gasteiger charge is -2.32. The van der Waals surface area contributed by atoms with E-state index in [1.165, 1.54) is 5.56 Å². The van der Waals surface area contributed by atoms with E-state index in [1.54, 1.807) is 12.4 Å². The number of benzene rings is 1. The molecule has 4 aromatic rings. The van der Waals surface area contributed by atoms with Gasteiger partial charge in [-0.1, -0.05) is 12.1 Å². The number of aryl methyl sites for hydroxylation is 1. The molecular weight excluding hydrogens is 418 g/mol. The van der Waals surface area contributed by atoms with Crippen molar-refractivity contribution in [2.45, 2.75) is 13.5 Å². The minimum Gasteiger partial charge on any atom is -0.346 e. The average Bonchev–Trinajstić information content (AvgIpc) is 3.43. The molecule has 0 radical (unpaired) electrons. The van der Waals surface area contributed by atoms with Crippen LogP contribution in [0, 0.1) is 6.92 Å². The molecule has 1 amide bonds. The zero-order valence-electron chi connectivity index (χ0n) is 18.7. The number of hydrogen-bond donors (Lipinski definition) is 4. The number of hydrogen-bond acceptors (Lipinski definition) is 7. The van der Waals surface area contributed by atoms with Crippen LogP contribution in [0.2, 0.25) is 0 Å². The monoisotopic (exact) mass is 445 g/mol. The first kappa shape index (κ1) is 21.1. The molecule has 0 aliphatic carbocycles. The number of anilines is 3. The van der Waals surface area contributed by atoms with E-state index >= 15 is 0 Å². The fourth-order valence-electron chi connectivity index (χ4n) is 3.92. The van der Waals surface area contributed by atoms with Crippen molar-refractivity contribution in [3.8, 4) is 0 Å². The third-order valence-corrected chi connectivity index (χ3v) is 5.97. The molecule has 1 aliphatic heterocycles. The highest BCUT2D eigenvalue weighted by molar-refractivity contribution is 6.06. The predicted octanol–water partition coefficient (Wildman–Crippen LogP) is 2.73. The van der Waals surface area contributed by atoms with E-state index in [0.717, 1.165) is 55.0 Å². The number of carbonyl (C=O) groups excluding carboxylic acids is 1. The summed E-state index contributed by atoms with van der Waals surface area (Å²) in [4.78, 5) is 29.6. The molecule has 0 bridgehead atoms. The highest BCUT2D eigenvalue weighted by atomic mass is 16.2. The van der Waals surface area contributed by atoms with E-state index in [4.69, 9.17) is 0 Å². The Labute approximate surface area is 191 Å². The average molecular weight is 446 g/mol. The summed E-state index contributed by atoms with van der Waals surface area (Å²) in [6.07, 6.45) is 5.18. The van der Waals surface area contributed by atoms with Gasteiger partial charge in [0.2, 0.25) is 5.95 Å². The minimum atomic E-state index is -0.293. The zero-order valence-corrected chi connectivity index (χ0v) is 18.7. The molecule has 3 aromatic heterocycles. The summed E-state index contributed by atoms with van der Waals surface area (Å²) in [6, 6.07) is 7.97. The van der Waals surface area contributed by atoms with Crippen molar-refractivity contribution in [3.63, 3.8) is 0 Å². The van der Waals surface area contributed by atoms with E-state index in [1.807, 2.05) is 25.3 Å². The molecule has 10 heteroatoms. The van der Waals surface area contributed by atoms with E-state index in [0.29, 0.717) is 17.3 Å². The molecule has 33 heavy (non-hydrogen) atoms. The van der Waals surface area contributed by atoms with Crippen LogP contribution in [-0.4, -0.2) is 74.1 Å². The topological polar surface area (TPSA) is 118 Å². The van der Waals surface area contributed by atoms with Crippen LogP contribution in [0.25, 0.3) is 11.0 Å². The van der Waals surface area contributed by atoms with Gasteiger partial charge in [-0.2, -0.15) is 10.1 Å². The minimum absolute atomic E-state index is 0.293. The van der Waals surface area contributed by atoms with Gasteiger partial charge in [-0.25, -0.2) is 4.98 Å². The fourth-order valence-corrected chi connectivity index (χ4v) is 3.92. The number of piperazine rings is 1. The Kier molecular flexibility index (Phi) is 5.76. The van der Waals surface area contributed by atoms with Gasteiger partial charge in [-0.3, -0.25) is 14.8 Å². The first-order valence-corrected chi connectivity index (χ1v) is 11.0. The SMILES string of the molecule is Cc1c[nH]c2nc(Nc3cn[nH]c3C(=O)Nc3ccc(CN4CCN(C)CC4)cc3)ncc12. The third kappa shape index (κ3) is 4.71. The number of nitrogens with one attached hydrogen (secondary N) is 4. The number of rotatable bonds is 6. The van der Waals surface area contributed by atoms with Crippen molar-refractivity contribution in [3.05, 3.63) is 59.7 Å². The number of nitrogens with zero attached hydrogens (tertiary/aromatic N) is 5. The standard InChI is InChI=1S/C23H27N9O/c1-15-11-24-21-18(15)12-25-23(29-21)28-19-13-26-30-20(19)22(33)27-17-5-3-16(4-6-17)14-32-9-7-31(2)8-10-32/h3-6,11-13H,7-10,14H2,1-2H3,(H,26,30)(H,27,33)(H2,24,25,28,29). The van der Waals surface area contributed by atoms with Crippen molar-refractivity contribution in [2.75, 3.05) is 43.9 Å². The van der Waals surface area contributed by atoms with E-state index in [9.17, 15) is 4.79 Å². The Morgan fingerprint density at radius 3 is 2.70 bits per heavy atom. The van der Waals surface area contributed by atoms with Crippen LogP contribution in [0.5, 0.6) is 0 Å². The van der Waals surface area contributed by atoms with E-state index in [2.05, 4.69) is 64.8 Å². The molecular formula is C23H27N9O. The summed E-state index contributed by atoms with van der Waals surface area (Å²) in [7, 11) is 2.16. The first-order chi connectivity index (χ1) is 16.0. The maximum atomic E-state index is 12.9. The number of amides is 1. The quantitative estimate of drug-likeness (QED) is 0.360. The van der Waals surface area contributed by atoms with Crippen LogP contribution in [0.15, 0.2) is 42.9 Å². The van der Waals surface area contributed by atoms with Gasteiger partial charge in [-0.15, -0.1) is 0 Å². The Morgan fingerprint density at radius 1 is 1.12 bits per heavy atom. The molecule has 1 fully saturated rings. The maximum absolute atomic E-state index is 12.9. The van der Waals surface area contributed by atoms with Crippen LogP contribution < -0.4 is 10.6 Å². The molecule has 1 aliphatic rings. The summed E-state index contributed by atoms with van der Waals surface area (Å²) in [6.45, 7) is 7.25. The fraction of sp³-hybridized carbons (Fsp3) is 0.304. The van der Waals surface area contributed by atoms with Crippen molar-refractivity contribution in [2.24, 2.45) is 0 Å². The van der Waals surface area contributed by atoms with Gasteiger partial charge < -0.3 is 20.5 Å². The van der Waals surface area contributed by atoms with Crippen molar-refractivity contribution >= 4 is 34.3 Å².